The molecule has 0 fully saturated rings. The number of rotatable bonds is 4. The second kappa shape index (κ2) is 5.63. The van der Waals surface area contributed by atoms with Crippen LogP contribution in [0.15, 0.2) is 35.1 Å². The van der Waals surface area contributed by atoms with E-state index in [9.17, 15) is 4.79 Å². The molecule has 0 aliphatic rings. The molecule has 0 aliphatic heterocycles. The van der Waals surface area contributed by atoms with Crippen molar-refractivity contribution in [2.75, 3.05) is 0 Å². The Bertz CT molecular complexity index is 567. The second-order valence-corrected chi connectivity index (χ2v) is 4.60. The highest BCUT2D eigenvalue weighted by Crippen LogP contribution is 2.15. The number of nitrogens with zero attached hydrogens (tertiary/aromatic N) is 1. The van der Waals surface area contributed by atoms with E-state index in [0.717, 1.165) is 18.5 Å². The summed E-state index contributed by atoms with van der Waals surface area (Å²) >= 11 is 0. The fraction of sp³-hybridized carbons (Fsp3) is 0.333. The maximum Gasteiger partial charge on any atom is 0.264 e. The molecular formula is C15H18N2O. The number of hydrogen-bond acceptors (Lipinski definition) is 2. The Morgan fingerprint density at radius 3 is 2.67 bits per heavy atom. The molecule has 2 aromatic rings. The third-order valence-corrected chi connectivity index (χ3v) is 3.05. The Kier molecular flexibility index (Phi) is 3.92. The van der Waals surface area contributed by atoms with Gasteiger partial charge in [0.05, 0.1) is 5.69 Å². The Morgan fingerprint density at radius 2 is 2.06 bits per heavy atom. The van der Waals surface area contributed by atoms with Crippen molar-refractivity contribution in [3.05, 3.63) is 63.1 Å². The molecule has 0 spiro atoms. The number of aromatic nitrogens is 2. The lowest BCUT2D eigenvalue weighted by Crippen LogP contribution is -2.07. The summed E-state index contributed by atoms with van der Waals surface area (Å²) in [7, 11) is 0. The molecule has 0 aliphatic carbocycles. The van der Waals surface area contributed by atoms with Crippen LogP contribution in [0.3, 0.4) is 0 Å². The van der Waals surface area contributed by atoms with Crippen LogP contribution in [0, 0.1) is 6.92 Å². The van der Waals surface area contributed by atoms with Crippen LogP contribution in [0.2, 0.25) is 0 Å². The first kappa shape index (κ1) is 12.6. The standard InChI is InChI=1S/C15H18N2O/c1-3-4-13-6-5-12(9-11(13)2)10-14-7-8-15(18)17-16-14/h5-9H,3-4,10H2,1-2H3,(H,17,18). The van der Waals surface area contributed by atoms with Crippen molar-refractivity contribution in [1.29, 1.82) is 0 Å². The molecule has 3 heteroatoms. The average molecular weight is 242 g/mol. The lowest BCUT2D eigenvalue weighted by Gasteiger charge is -2.07. The highest BCUT2D eigenvalue weighted by molar-refractivity contribution is 5.33. The van der Waals surface area contributed by atoms with E-state index < -0.39 is 0 Å². The summed E-state index contributed by atoms with van der Waals surface area (Å²) in [6.45, 7) is 4.34. The minimum absolute atomic E-state index is 0.159. The number of H-pyrrole nitrogens is 1. The zero-order chi connectivity index (χ0) is 13.0. The molecule has 0 saturated carbocycles. The van der Waals surface area contributed by atoms with E-state index >= 15 is 0 Å². The van der Waals surface area contributed by atoms with E-state index in [1.54, 1.807) is 6.07 Å². The fourth-order valence-corrected chi connectivity index (χ4v) is 2.10. The van der Waals surface area contributed by atoms with Gasteiger partial charge in [-0.3, -0.25) is 4.79 Å². The Hall–Kier alpha value is -1.90. The van der Waals surface area contributed by atoms with Crippen LogP contribution in [0.4, 0.5) is 0 Å². The van der Waals surface area contributed by atoms with Crippen molar-refractivity contribution in [1.82, 2.24) is 10.2 Å². The van der Waals surface area contributed by atoms with E-state index in [4.69, 9.17) is 0 Å². The first-order chi connectivity index (χ1) is 8.69. The topological polar surface area (TPSA) is 45.8 Å². The third kappa shape index (κ3) is 3.06. The van der Waals surface area contributed by atoms with E-state index in [1.807, 2.05) is 0 Å². The van der Waals surface area contributed by atoms with Gasteiger partial charge >= 0.3 is 0 Å². The van der Waals surface area contributed by atoms with Gasteiger partial charge in [-0.2, -0.15) is 5.10 Å². The SMILES string of the molecule is CCCc1ccc(Cc2ccc(=O)[nH]n2)cc1C. The largest absolute Gasteiger partial charge is 0.268 e. The van der Waals surface area contributed by atoms with Crippen molar-refractivity contribution >= 4 is 0 Å². The Labute approximate surface area is 107 Å². The van der Waals surface area contributed by atoms with Gasteiger partial charge in [-0.05, 0) is 36.1 Å². The maximum absolute atomic E-state index is 10.9. The molecule has 3 nitrogen and oxygen atoms in total. The van der Waals surface area contributed by atoms with E-state index in [-0.39, 0.29) is 5.56 Å². The molecule has 1 heterocycles. The van der Waals surface area contributed by atoms with E-state index in [2.05, 4.69) is 42.2 Å². The summed E-state index contributed by atoms with van der Waals surface area (Å²) in [5.41, 5.74) is 4.70. The second-order valence-electron chi connectivity index (χ2n) is 4.60. The first-order valence-electron chi connectivity index (χ1n) is 6.32. The van der Waals surface area contributed by atoms with Gasteiger partial charge in [0.1, 0.15) is 0 Å². The molecule has 0 unspecified atom stereocenters. The van der Waals surface area contributed by atoms with Crippen LogP contribution in [-0.2, 0) is 12.8 Å². The summed E-state index contributed by atoms with van der Waals surface area (Å²) < 4.78 is 0. The Balaban J connectivity index is 2.17. The molecule has 0 bridgehead atoms. The maximum atomic E-state index is 10.9. The van der Waals surface area contributed by atoms with Gasteiger partial charge < -0.3 is 0 Å². The zero-order valence-electron chi connectivity index (χ0n) is 10.9. The molecule has 0 atom stereocenters. The molecule has 0 saturated heterocycles. The van der Waals surface area contributed by atoms with Crippen LogP contribution in [0.1, 0.15) is 35.7 Å². The quantitative estimate of drug-likeness (QED) is 0.895. The minimum Gasteiger partial charge on any atom is -0.268 e. The van der Waals surface area contributed by atoms with Gasteiger partial charge in [0.15, 0.2) is 0 Å². The summed E-state index contributed by atoms with van der Waals surface area (Å²) in [6.07, 6.45) is 3.05. The molecule has 18 heavy (non-hydrogen) atoms. The van der Waals surface area contributed by atoms with Crippen molar-refractivity contribution < 1.29 is 0 Å². The minimum atomic E-state index is -0.159. The highest BCUT2D eigenvalue weighted by Gasteiger charge is 2.02. The monoisotopic (exact) mass is 242 g/mol. The van der Waals surface area contributed by atoms with Crippen LogP contribution in [0.5, 0.6) is 0 Å². The average Bonchev–Trinajstić information content (AvgIpc) is 2.36. The van der Waals surface area contributed by atoms with Crippen molar-refractivity contribution in [2.24, 2.45) is 0 Å². The molecule has 1 N–H and O–H groups in total. The number of benzene rings is 1. The van der Waals surface area contributed by atoms with E-state index in [1.165, 1.54) is 29.2 Å². The normalized spacial score (nSPS) is 10.6. The Morgan fingerprint density at radius 1 is 1.22 bits per heavy atom. The number of hydrogen-bond donors (Lipinski definition) is 1. The van der Waals surface area contributed by atoms with Crippen molar-refractivity contribution in [3.8, 4) is 0 Å². The first-order valence-corrected chi connectivity index (χ1v) is 6.32. The molecule has 0 amide bonds. The molecular weight excluding hydrogens is 224 g/mol. The van der Waals surface area contributed by atoms with Gasteiger partial charge in [-0.25, -0.2) is 5.10 Å². The molecule has 2 rings (SSSR count). The number of nitrogens with one attached hydrogen (secondary N) is 1. The van der Waals surface area contributed by atoms with Crippen LogP contribution >= 0.6 is 0 Å². The highest BCUT2D eigenvalue weighted by atomic mass is 16.1. The summed E-state index contributed by atoms with van der Waals surface area (Å²) in [4.78, 5) is 10.9. The zero-order valence-corrected chi connectivity index (χ0v) is 10.9. The van der Waals surface area contributed by atoms with Crippen LogP contribution in [0.25, 0.3) is 0 Å². The molecule has 1 aromatic carbocycles. The van der Waals surface area contributed by atoms with Crippen molar-refractivity contribution in [3.63, 3.8) is 0 Å². The summed E-state index contributed by atoms with van der Waals surface area (Å²) in [6, 6.07) is 9.83. The predicted molar refractivity (Wildman–Crippen MR) is 72.8 cm³/mol. The number of aromatic amines is 1. The van der Waals surface area contributed by atoms with Gasteiger partial charge in [-0.15, -0.1) is 0 Å². The predicted octanol–water partition coefficient (Wildman–Crippen LogP) is 2.62. The van der Waals surface area contributed by atoms with Gasteiger partial charge in [0, 0.05) is 12.5 Å². The van der Waals surface area contributed by atoms with Crippen LogP contribution in [-0.4, -0.2) is 10.2 Å². The van der Waals surface area contributed by atoms with Crippen molar-refractivity contribution in [2.45, 2.75) is 33.1 Å². The lowest BCUT2D eigenvalue weighted by molar-refractivity contribution is 0.899. The van der Waals surface area contributed by atoms with Gasteiger partial charge in [0.25, 0.3) is 5.56 Å². The van der Waals surface area contributed by atoms with Gasteiger partial charge in [-0.1, -0.05) is 31.5 Å². The summed E-state index contributed by atoms with van der Waals surface area (Å²) in [5.74, 6) is 0. The van der Waals surface area contributed by atoms with Crippen LogP contribution < -0.4 is 5.56 Å². The third-order valence-electron chi connectivity index (χ3n) is 3.05. The molecule has 1 aromatic heterocycles. The number of aryl methyl sites for hydroxylation is 2. The fourth-order valence-electron chi connectivity index (χ4n) is 2.10. The van der Waals surface area contributed by atoms with Gasteiger partial charge in [0.2, 0.25) is 0 Å². The summed E-state index contributed by atoms with van der Waals surface area (Å²) in [5, 5.41) is 6.49. The van der Waals surface area contributed by atoms with E-state index in [0.29, 0.717) is 0 Å². The lowest BCUT2D eigenvalue weighted by atomic mass is 9.99. The smallest absolute Gasteiger partial charge is 0.264 e. The molecule has 0 radical (unpaired) electrons. The molecule has 94 valence electrons.